The fourth-order valence-corrected chi connectivity index (χ4v) is 1.22. The molecular formula is C11H13FO2. The molecule has 0 fully saturated rings. The lowest BCUT2D eigenvalue weighted by Gasteiger charge is -2.03. The molecule has 1 rings (SSSR count). The summed E-state index contributed by atoms with van der Waals surface area (Å²) in [6.07, 6.45) is -0.486. The van der Waals surface area contributed by atoms with Crippen molar-refractivity contribution in [2.75, 3.05) is 7.11 Å². The van der Waals surface area contributed by atoms with Gasteiger partial charge in [-0.2, -0.15) is 0 Å². The molecule has 0 spiro atoms. The summed E-state index contributed by atoms with van der Waals surface area (Å²) in [6, 6.07) is 6.76. The highest BCUT2D eigenvalue weighted by atomic mass is 19.1. The van der Waals surface area contributed by atoms with Crippen molar-refractivity contribution in [2.45, 2.75) is 19.5 Å². The van der Waals surface area contributed by atoms with Gasteiger partial charge >= 0.3 is 5.97 Å². The molecule has 3 heteroatoms. The zero-order valence-electron chi connectivity index (χ0n) is 8.29. The zero-order chi connectivity index (χ0) is 10.6. The van der Waals surface area contributed by atoms with Crippen molar-refractivity contribution in [1.29, 1.82) is 0 Å². The van der Waals surface area contributed by atoms with Gasteiger partial charge in [0.25, 0.3) is 0 Å². The molecule has 0 aliphatic rings. The summed E-state index contributed by atoms with van der Waals surface area (Å²) in [7, 11) is 1.33. The first-order chi connectivity index (χ1) is 6.63. The number of hydrogen-bond acceptors (Lipinski definition) is 2. The molecule has 1 aromatic rings. The van der Waals surface area contributed by atoms with Gasteiger partial charge in [-0.3, -0.25) is 0 Å². The largest absolute Gasteiger partial charge is 0.465 e. The Hall–Kier alpha value is -1.38. The standard InChI is InChI=1S/C11H13FO2/c1-8(12)7-9-3-5-10(6-4-9)11(13)14-2/h3-6,8H,7H2,1-2H3. The van der Waals surface area contributed by atoms with E-state index in [1.807, 2.05) is 0 Å². The lowest BCUT2D eigenvalue weighted by Crippen LogP contribution is -2.02. The van der Waals surface area contributed by atoms with E-state index in [9.17, 15) is 9.18 Å². The van der Waals surface area contributed by atoms with E-state index in [0.717, 1.165) is 5.56 Å². The molecule has 0 saturated carbocycles. The van der Waals surface area contributed by atoms with Crippen LogP contribution in [-0.4, -0.2) is 19.3 Å². The van der Waals surface area contributed by atoms with Crippen molar-refractivity contribution in [3.63, 3.8) is 0 Å². The highest BCUT2D eigenvalue weighted by molar-refractivity contribution is 5.89. The third kappa shape index (κ3) is 2.83. The molecular weight excluding hydrogens is 183 g/mol. The van der Waals surface area contributed by atoms with Gasteiger partial charge in [0, 0.05) is 6.42 Å². The number of hydrogen-bond donors (Lipinski definition) is 0. The van der Waals surface area contributed by atoms with Gasteiger partial charge < -0.3 is 4.74 Å². The summed E-state index contributed by atoms with van der Waals surface area (Å²) >= 11 is 0. The minimum Gasteiger partial charge on any atom is -0.465 e. The molecule has 1 aromatic carbocycles. The second-order valence-electron chi connectivity index (χ2n) is 3.17. The number of carbonyl (C=O) groups is 1. The first-order valence-electron chi connectivity index (χ1n) is 4.45. The number of alkyl halides is 1. The van der Waals surface area contributed by atoms with Gasteiger partial charge in [-0.05, 0) is 24.6 Å². The zero-order valence-corrected chi connectivity index (χ0v) is 8.29. The van der Waals surface area contributed by atoms with Crippen molar-refractivity contribution in [1.82, 2.24) is 0 Å². The predicted molar refractivity (Wildman–Crippen MR) is 52.1 cm³/mol. The minimum absolute atomic E-state index is 0.371. The van der Waals surface area contributed by atoms with Crippen LogP contribution in [0.2, 0.25) is 0 Å². The van der Waals surface area contributed by atoms with E-state index in [0.29, 0.717) is 12.0 Å². The van der Waals surface area contributed by atoms with E-state index in [1.54, 1.807) is 24.3 Å². The Balaban J connectivity index is 2.73. The van der Waals surface area contributed by atoms with Crippen LogP contribution in [0.1, 0.15) is 22.8 Å². The van der Waals surface area contributed by atoms with Crippen LogP contribution < -0.4 is 0 Å². The molecule has 76 valence electrons. The van der Waals surface area contributed by atoms with Crippen LogP contribution >= 0.6 is 0 Å². The number of halogens is 1. The van der Waals surface area contributed by atoms with Gasteiger partial charge in [0.1, 0.15) is 6.17 Å². The summed E-state index contributed by atoms with van der Waals surface area (Å²) in [5, 5.41) is 0. The Morgan fingerprint density at radius 2 is 2.00 bits per heavy atom. The van der Waals surface area contributed by atoms with Crippen LogP contribution in [-0.2, 0) is 11.2 Å². The van der Waals surface area contributed by atoms with E-state index in [1.165, 1.54) is 14.0 Å². The predicted octanol–water partition coefficient (Wildman–Crippen LogP) is 2.37. The molecule has 0 heterocycles. The number of ether oxygens (including phenoxy) is 1. The average molecular weight is 196 g/mol. The quantitative estimate of drug-likeness (QED) is 0.694. The van der Waals surface area contributed by atoms with E-state index in [4.69, 9.17) is 0 Å². The van der Waals surface area contributed by atoms with Crippen LogP contribution in [0.3, 0.4) is 0 Å². The van der Waals surface area contributed by atoms with Gasteiger partial charge in [-0.15, -0.1) is 0 Å². The molecule has 0 aromatic heterocycles. The molecule has 0 aliphatic carbocycles. The number of methoxy groups -OCH3 is 1. The molecule has 1 unspecified atom stereocenters. The summed E-state index contributed by atoms with van der Waals surface area (Å²) in [5.74, 6) is -0.371. The second kappa shape index (κ2) is 4.74. The lowest BCUT2D eigenvalue weighted by atomic mass is 10.1. The van der Waals surface area contributed by atoms with Gasteiger partial charge in [-0.1, -0.05) is 12.1 Å². The van der Waals surface area contributed by atoms with Crippen LogP contribution in [0.25, 0.3) is 0 Å². The first-order valence-corrected chi connectivity index (χ1v) is 4.45. The molecule has 0 saturated heterocycles. The van der Waals surface area contributed by atoms with Crippen molar-refractivity contribution in [2.24, 2.45) is 0 Å². The Kier molecular flexibility index (Phi) is 3.63. The fourth-order valence-electron chi connectivity index (χ4n) is 1.22. The maximum atomic E-state index is 12.6. The number of esters is 1. The normalized spacial score (nSPS) is 12.2. The fraction of sp³-hybridized carbons (Fsp3) is 0.364. The average Bonchev–Trinajstić information content (AvgIpc) is 2.17. The van der Waals surface area contributed by atoms with E-state index >= 15 is 0 Å². The smallest absolute Gasteiger partial charge is 0.337 e. The number of carbonyl (C=O) groups excluding carboxylic acids is 1. The molecule has 0 N–H and O–H groups in total. The Labute approximate surface area is 82.7 Å². The number of rotatable bonds is 3. The number of benzene rings is 1. The van der Waals surface area contributed by atoms with Crippen LogP contribution in [0.15, 0.2) is 24.3 Å². The monoisotopic (exact) mass is 196 g/mol. The molecule has 0 bridgehead atoms. The molecule has 0 aliphatic heterocycles. The van der Waals surface area contributed by atoms with Crippen molar-refractivity contribution >= 4 is 5.97 Å². The summed E-state index contributed by atoms with van der Waals surface area (Å²) in [4.78, 5) is 11.1. The topological polar surface area (TPSA) is 26.3 Å². The van der Waals surface area contributed by atoms with Crippen molar-refractivity contribution in [3.05, 3.63) is 35.4 Å². The van der Waals surface area contributed by atoms with Gasteiger partial charge in [0.05, 0.1) is 12.7 Å². The van der Waals surface area contributed by atoms with Gasteiger partial charge in [0.2, 0.25) is 0 Å². The third-order valence-corrected chi connectivity index (χ3v) is 1.89. The molecule has 1 atom stereocenters. The van der Waals surface area contributed by atoms with E-state index < -0.39 is 6.17 Å². The van der Waals surface area contributed by atoms with Crippen LogP contribution in [0.5, 0.6) is 0 Å². The van der Waals surface area contributed by atoms with Crippen molar-refractivity contribution in [3.8, 4) is 0 Å². The summed E-state index contributed by atoms with van der Waals surface area (Å²) < 4.78 is 17.2. The molecule has 0 radical (unpaired) electrons. The third-order valence-electron chi connectivity index (χ3n) is 1.89. The molecule has 2 nitrogen and oxygen atoms in total. The lowest BCUT2D eigenvalue weighted by molar-refractivity contribution is 0.0601. The highest BCUT2D eigenvalue weighted by Crippen LogP contribution is 2.09. The highest BCUT2D eigenvalue weighted by Gasteiger charge is 2.05. The Morgan fingerprint density at radius 3 is 2.43 bits per heavy atom. The van der Waals surface area contributed by atoms with Gasteiger partial charge in [0.15, 0.2) is 0 Å². The summed E-state index contributed by atoms with van der Waals surface area (Å²) in [6.45, 7) is 1.51. The second-order valence-corrected chi connectivity index (χ2v) is 3.17. The first kappa shape index (κ1) is 10.7. The molecule has 0 amide bonds. The van der Waals surface area contributed by atoms with Crippen molar-refractivity contribution < 1.29 is 13.9 Å². The maximum absolute atomic E-state index is 12.6. The van der Waals surface area contributed by atoms with Gasteiger partial charge in [-0.25, -0.2) is 9.18 Å². The summed E-state index contributed by atoms with van der Waals surface area (Å²) in [5.41, 5.74) is 1.37. The van der Waals surface area contributed by atoms with Crippen LogP contribution in [0, 0.1) is 0 Å². The SMILES string of the molecule is COC(=O)c1ccc(CC(C)F)cc1. The van der Waals surface area contributed by atoms with E-state index in [-0.39, 0.29) is 5.97 Å². The van der Waals surface area contributed by atoms with E-state index in [2.05, 4.69) is 4.74 Å². The molecule has 14 heavy (non-hydrogen) atoms. The Morgan fingerprint density at radius 1 is 1.43 bits per heavy atom. The van der Waals surface area contributed by atoms with Crippen LogP contribution in [0.4, 0.5) is 4.39 Å². The Bertz CT molecular complexity index is 304. The maximum Gasteiger partial charge on any atom is 0.337 e. The minimum atomic E-state index is -0.862.